The molecule has 1 aliphatic heterocycles. The van der Waals surface area contributed by atoms with Gasteiger partial charge in [-0.15, -0.1) is 0 Å². The standard InChI is InChI=1S/C8F14O/c9-1-2(23-8(21,22)3(1,10)11)4(12,13)5(14,15)6(16,17)7(18,19)20. The second-order valence-corrected chi connectivity index (χ2v) is 4.06. The first kappa shape index (κ1) is 19.6. The molecule has 0 aliphatic carbocycles. The highest BCUT2D eigenvalue weighted by atomic mass is 19.4. The Morgan fingerprint density at radius 3 is 1.35 bits per heavy atom. The van der Waals surface area contributed by atoms with Crippen molar-refractivity contribution in [2.45, 2.75) is 36.0 Å². The van der Waals surface area contributed by atoms with Gasteiger partial charge in [-0.2, -0.15) is 57.1 Å². The van der Waals surface area contributed by atoms with E-state index >= 15 is 0 Å². The van der Waals surface area contributed by atoms with Crippen molar-refractivity contribution in [3.63, 3.8) is 0 Å². The maximum absolute atomic E-state index is 13.1. The van der Waals surface area contributed by atoms with E-state index in [1.165, 1.54) is 0 Å². The fourth-order valence-corrected chi connectivity index (χ4v) is 1.23. The van der Waals surface area contributed by atoms with Crippen molar-refractivity contribution in [2.24, 2.45) is 0 Å². The fraction of sp³-hybridized carbons (Fsp3) is 0.750. The van der Waals surface area contributed by atoms with Crippen molar-refractivity contribution >= 4 is 0 Å². The zero-order chi connectivity index (χ0) is 18.9. The van der Waals surface area contributed by atoms with E-state index in [0.29, 0.717) is 0 Å². The van der Waals surface area contributed by atoms with E-state index in [0.717, 1.165) is 0 Å². The number of hydrogen-bond acceptors (Lipinski definition) is 1. The van der Waals surface area contributed by atoms with Crippen LogP contribution in [0.5, 0.6) is 0 Å². The predicted molar refractivity (Wildman–Crippen MR) is 40.0 cm³/mol. The van der Waals surface area contributed by atoms with Crippen LogP contribution in [-0.2, 0) is 4.74 Å². The third-order valence-electron chi connectivity index (χ3n) is 2.50. The average molecular weight is 378 g/mol. The summed E-state index contributed by atoms with van der Waals surface area (Å²) in [6.07, 6.45) is -13.6. The highest BCUT2D eigenvalue weighted by molar-refractivity contribution is 5.28. The zero-order valence-electron chi connectivity index (χ0n) is 9.70. The van der Waals surface area contributed by atoms with Crippen molar-refractivity contribution in [3.8, 4) is 0 Å². The number of allylic oxidation sites excluding steroid dienone is 1. The van der Waals surface area contributed by atoms with E-state index in [1.807, 2.05) is 0 Å². The van der Waals surface area contributed by atoms with Gasteiger partial charge in [-0.25, -0.2) is 4.39 Å². The molecular weight excluding hydrogens is 378 g/mol. The molecule has 0 amide bonds. The lowest BCUT2D eigenvalue weighted by Crippen LogP contribution is -2.61. The summed E-state index contributed by atoms with van der Waals surface area (Å²) in [6.45, 7) is 0. The highest BCUT2D eigenvalue weighted by Crippen LogP contribution is 2.60. The maximum Gasteiger partial charge on any atom is 0.471 e. The molecule has 0 N–H and O–H groups in total. The lowest BCUT2D eigenvalue weighted by atomic mass is 10.0. The lowest BCUT2D eigenvalue weighted by molar-refractivity contribution is -0.397. The Morgan fingerprint density at radius 1 is 0.696 bits per heavy atom. The number of halogens is 14. The van der Waals surface area contributed by atoms with Crippen molar-refractivity contribution in [1.82, 2.24) is 0 Å². The molecule has 1 aliphatic rings. The molecule has 0 saturated heterocycles. The minimum atomic E-state index is -7.62. The van der Waals surface area contributed by atoms with Gasteiger partial charge < -0.3 is 4.74 Å². The molecule has 0 saturated carbocycles. The van der Waals surface area contributed by atoms with Crippen molar-refractivity contribution in [1.29, 1.82) is 0 Å². The van der Waals surface area contributed by atoms with Gasteiger partial charge >= 0.3 is 36.0 Å². The third-order valence-corrected chi connectivity index (χ3v) is 2.50. The van der Waals surface area contributed by atoms with Gasteiger partial charge in [-0.1, -0.05) is 0 Å². The molecule has 0 atom stereocenters. The molecule has 0 bridgehead atoms. The van der Waals surface area contributed by atoms with Gasteiger partial charge in [0.1, 0.15) is 0 Å². The van der Waals surface area contributed by atoms with Crippen LogP contribution >= 0.6 is 0 Å². The van der Waals surface area contributed by atoms with E-state index in [4.69, 9.17) is 0 Å². The second-order valence-electron chi connectivity index (χ2n) is 4.06. The molecule has 0 spiro atoms. The Hall–Kier alpha value is -1.44. The van der Waals surface area contributed by atoms with E-state index in [1.54, 1.807) is 0 Å². The highest BCUT2D eigenvalue weighted by Gasteiger charge is 2.86. The number of hydrogen-bond donors (Lipinski definition) is 0. The molecule has 0 unspecified atom stereocenters. The monoisotopic (exact) mass is 378 g/mol. The molecule has 0 fully saturated rings. The van der Waals surface area contributed by atoms with Crippen LogP contribution in [0.15, 0.2) is 11.6 Å². The Morgan fingerprint density at radius 2 is 1.09 bits per heavy atom. The Kier molecular flexibility index (Phi) is 3.88. The van der Waals surface area contributed by atoms with E-state index in [2.05, 4.69) is 4.74 Å². The normalized spacial score (nSPS) is 22.3. The molecule has 0 radical (unpaired) electrons. The summed E-state index contributed by atoms with van der Waals surface area (Å²) in [7, 11) is 0. The first-order valence-corrected chi connectivity index (χ1v) is 4.80. The van der Waals surface area contributed by atoms with E-state index in [9.17, 15) is 61.5 Å². The lowest BCUT2D eigenvalue weighted by Gasteiger charge is -2.33. The average Bonchev–Trinajstić information content (AvgIpc) is 2.47. The van der Waals surface area contributed by atoms with Crippen LogP contribution in [0.2, 0.25) is 0 Å². The van der Waals surface area contributed by atoms with Gasteiger partial charge in [0, 0.05) is 0 Å². The van der Waals surface area contributed by atoms with Crippen molar-refractivity contribution in [3.05, 3.63) is 11.6 Å². The Bertz CT molecular complexity index is 525. The van der Waals surface area contributed by atoms with Crippen LogP contribution in [0.3, 0.4) is 0 Å². The molecule has 1 rings (SSSR count). The van der Waals surface area contributed by atoms with Gasteiger partial charge in [0.15, 0.2) is 0 Å². The van der Waals surface area contributed by atoms with E-state index < -0.39 is 47.6 Å². The Labute approximate surface area is 115 Å². The third kappa shape index (κ3) is 2.29. The van der Waals surface area contributed by atoms with Crippen molar-refractivity contribution < 1.29 is 66.2 Å². The molecule has 23 heavy (non-hydrogen) atoms. The van der Waals surface area contributed by atoms with Crippen LogP contribution < -0.4 is 0 Å². The van der Waals surface area contributed by atoms with Gasteiger partial charge in [0.25, 0.3) is 0 Å². The first-order valence-electron chi connectivity index (χ1n) is 4.80. The van der Waals surface area contributed by atoms with Crippen LogP contribution in [-0.4, -0.2) is 36.0 Å². The smallest absolute Gasteiger partial charge is 0.422 e. The first-order chi connectivity index (χ1) is 9.75. The summed E-state index contributed by atoms with van der Waals surface area (Å²) in [5.41, 5.74) is 0. The van der Waals surface area contributed by atoms with Crippen LogP contribution in [0.4, 0.5) is 61.5 Å². The van der Waals surface area contributed by atoms with Crippen molar-refractivity contribution in [2.75, 3.05) is 0 Å². The molecule has 0 aromatic heterocycles. The van der Waals surface area contributed by atoms with Crippen LogP contribution in [0.25, 0.3) is 0 Å². The van der Waals surface area contributed by atoms with Gasteiger partial charge in [0.05, 0.1) is 0 Å². The summed E-state index contributed by atoms with van der Waals surface area (Å²) in [5.74, 6) is -36.8. The fourth-order valence-electron chi connectivity index (χ4n) is 1.23. The van der Waals surface area contributed by atoms with Gasteiger partial charge in [0.2, 0.25) is 11.6 Å². The largest absolute Gasteiger partial charge is 0.471 e. The van der Waals surface area contributed by atoms with Gasteiger partial charge in [-0.05, 0) is 0 Å². The minimum absolute atomic E-state index is 2.23. The van der Waals surface area contributed by atoms with Crippen LogP contribution in [0.1, 0.15) is 0 Å². The quantitative estimate of drug-likeness (QED) is 0.636. The summed E-state index contributed by atoms with van der Waals surface area (Å²) in [6, 6.07) is 0. The van der Waals surface area contributed by atoms with Crippen LogP contribution in [0, 0.1) is 0 Å². The topological polar surface area (TPSA) is 9.23 Å². The Balaban J connectivity index is 3.52. The molecule has 0 aromatic rings. The summed E-state index contributed by atoms with van der Waals surface area (Å²) >= 11 is 0. The summed E-state index contributed by atoms with van der Waals surface area (Å²) in [4.78, 5) is 0. The molecular formula is C8F14O. The molecule has 0 aromatic carbocycles. The molecule has 1 heterocycles. The molecule has 15 heteroatoms. The molecule has 136 valence electrons. The van der Waals surface area contributed by atoms with E-state index in [-0.39, 0.29) is 0 Å². The second kappa shape index (κ2) is 4.55. The van der Waals surface area contributed by atoms with Gasteiger partial charge in [-0.3, -0.25) is 0 Å². The molecule has 1 nitrogen and oxygen atoms in total. The summed E-state index contributed by atoms with van der Waals surface area (Å²) in [5, 5.41) is 0. The number of rotatable bonds is 3. The minimum Gasteiger partial charge on any atom is -0.422 e. The maximum atomic E-state index is 13.1. The predicted octanol–water partition coefficient (Wildman–Crippen LogP) is 4.89. The number of alkyl halides is 13. The SMILES string of the molecule is FC1=C(C(F)(F)C(F)(F)C(F)(F)C(F)(F)F)OC(F)(F)C1(F)F. The summed E-state index contributed by atoms with van der Waals surface area (Å²) < 4.78 is 177. The number of ether oxygens (including phenoxy) is 1. The zero-order valence-corrected chi connectivity index (χ0v) is 9.70.